The van der Waals surface area contributed by atoms with Crippen molar-refractivity contribution in [1.29, 1.82) is 0 Å². The van der Waals surface area contributed by atoms with Crippen LogP contribution < -0.4 is 16.8 Å². The van der Waals surface area contributed by atoms with Gasteiger partial charge in [-0.15, -0.1) is 6.58 Å². The van der Waals surface area contributed by atoms with Crippen LogP contribution >= 0.6 is 0 Å². The van der Waals surface area contributed by atoms with Crippen molar-refractivity contribution < 1.29 is 32.7 Å². The number of amides is 2. The van der Waals surface area contributed by atoms with Crippen molar-refractivity contribution in [2.75, 3.05) is 6.54 Å². The zero-order chi connectivity index (χ0) is 18.8. The normalized spacial score (nSPS) is 12.4. The highest BCUT2D eigenvalue weighted by molar-refractivity contribution is 5.87. The SMILES string of the molecule is C=CCC(C)(C)CNC(=O)[C@@H](N)CC(N)=O.O=C(O)C(F)(F)F. The number of aliphatic carboxylic acids is 1. The van der Waals surface area contributed by atoms with Gasteiger partial charge < -0.3 is 21.9 Å². The second-order valence-electron chi connectivity index (χ2n) is 5.45. The van der Waals surface area contributed by atoms with Crippen molar-refractivity contribution in [3.63, 3.8) is 0 Å². The van der Waals surface area contributed by atoms with Crippen molar-refractivity contribution in [3.05, 3.63) is 12.7 Å². The average Bonchev–Trinajstić information content (AvgIpc) is 2.34. The van der Waals surface area contributed by atoms with Gasteiger partial charge in [0.1, 0.15) is 0 Å². The van der Waals surface area contributed by atoms with E-state index in [1.165, 1.54) is 0 Å². The summed E-state index contributed by atoms with van der Waals surface area (Å²) in [6.45, 7) is 8.16. The third-order valence-electron chi connectivity index (χ3n) is 2.44. The quantitative estimate of drug-likeness (QED) is 0.501. The molecule has 0 saturated carbocycles. The standard InChI is InChI=1S/C11H21N3O2.C2HF3O2/c1-4-5-11(2,3)7-14-10(16)8(12)6-9(13)15;3-2(4,5)1(6)7/h4,8H,1,5-7,12H2,2-3H3,(H2,13,15)(H,14,16);(H,6,7)/t8-;/m0./s1. The third kappa shape index (κ3) is 13.3. The van der Waals surface area contributed by atoms with Crippen molar-refractivity contribution in [2.45, 2.75) is 38.9 Å². The molecule has 0 radical (unpaired) electrons. The predicted octanol–water partition coefficient (Wildman–Crippen LogP) is 0.541. The molecule has 6 N–H and O–H groups in total. The summed E-state index contributed by atoms with van der Waals surface area (Å²) in [4.78, 5) is 30.9. The topological polar surface area (TPSA) is 136 Å². The zero-order valence-electron chi connectivity index (χ0n) is 12.9. The van der Waals surface area contributed by atoms with Crippen LogP contribution in [0.25, 0.3) is 0 Å². The van der Waals surface area contributed by atoms with E-state index < -0.39 is 24.1 Å². The Hall–Kier alpha value is -2.10. The van der Waals surface area contributed by atoms with Gasteiger partial charge in [0.25, 0.3) is 0 Å². The molecule has 1 atom stereocenters. The molecule has 0 aromatic heterocycles. The molecule has 2 amide bonds. The molecule has 10 heteroatoms. The Morgan fingerprint density at radius 2 is 1.74 bits per heavy atom. The molecule has 0 aliphatic carbocycles. The Morgan fingerprint density at radius 3 is 2.04 bits per heavy atom. The zero-order valence-corrected chi connectivity index (χ0v) is 12.9. The molecule has 7 nitrogen and oxygen atoms in total. The van der Waals surface area contributed by atoms with E-state index in [2.05, 4.69) is 11.9 Å². The third-order valence-corrected chi connectivity index (χ3v) is 2.44. The second-order valence-corrected chi connectivity index (χ2v) is 5.45. The number of carbonyl (C=O) groups is 3. The summed E-state index contributed by atoms with van der Waals surface area (Å²) in [5, 5.41) is 9.82. The van der Waals surface area contributed by atoms with Crippen molar-refractivity contribution >= 4 is 17.8 Å². The molecule has 0 spiro atoms. The Bertz CT molecular complexity index is 437. The van der Waals surface area contributed by atoms with Gasteiger partial charge in [0.05, 0.1) is 12.5 Å². The monoisotopic (exact) mass is 341 g/mol. The Kier molecular flexibility index (Phi) is 9.90. The van der Waals surface area contributed by atoms with Crippen LogP contribution in [-0.2, 0) is 14.4 Å². The van der Waals surface area contributed by atoms with Gasteiger partial charge in [0, 0.05) is 6.54 Å². The van der Waals surface area contributed by atoms with Gasteiger partial charge in [-0.25, -0.2) is 4.79 Å². The van der Waals surface area contributed by atoms with Crippen molar-refractivity contribution in [3.8, 4) is 0 Å². The molecule has 0 fully saturated rings. The smallest absolute Gasteiger partial charge is 0.475 e. The largest absolute Gasteiger partial charge is 0.490 e. The molecule has 0 saturated heterocycles. The maximum Gasteiger partial charge on any atom is 0.490 e. The van der Waals surface area contributed by atoms with E-state index in [9.17, 15) is 22.8 Å². The van der Waals surface area contributed by atoms with E-state index in [1.54, 1.807) is 6.08 Å². The predicted molar refractivity (Wildman–Crippen MR) is 77.1 cm³/mol. The number of nitrogens with one attached hydrogen (secondary N) is 1. The lowest BCUT2D eigenvalue weighted by Gasteiger charge is -2.24. The first-order valence-corrected chi connectivity index (χ1v) is 6.45. The van der Waals surface area contributed by atoms with Gasteiger partial charge in [-0.1, -0.05) is 19.9 Å². The van der Waals surface area contributed by atoms with E-state index in [0.29, 0.717) is 6.54 Å². The van der Waals surface area contributed by atoms with Crippen LogP contribution in [0.3, 0.4) is 0 Å². The fourth-order valence-corrected chi connectivity index (χ4v) is 1.23. The van der Waals surface area contributed by atoms with Crippen molar-refractivity contribution in [2.24, 2.45) is 16.9 Å². The molecule has 0 aliphatic rings. The molecule has 23 heavy (non-hydrogen) atoms. The number of carbonyl (C=O) groups excluding carboxylic acids is 2. The van der Waals surface area contributed by atoms with Crippen LogP contribution in [0.15, 0.2) is 12.7 Å². The summed E-state index contributed by atoms with van der Waals surface area (Å²) >= 11 is 0. The first-order valence-electron chi connectivity index (χ1n) is 6.45. The molecular formula is C13H22F3N3O4. The number of nitrogens with two attached hydrogens (primary N) is 2. The fraction of sp³-hybridized carbons (Fsp3) is 0.615. The maximum atomic E-state index is 11.5. The first-order chi connectivity index (χ1) is 10.2. The molecule has 0 aromatic rings. The van der Waals surface area contributed by atoms with Crippen LogP contribution in [0.1, 0.15) is 26.7 Å². The molecule has 0 unspecified atom stereocenters. The van der Waals surface area contributed by atoms with Crippen LogP contribution in [0.5, 0.6) is 0 Å². The number of hydrogen-bond donors (Lipinski definition) is 4. The molecule has 0 aliphatic heterocycles. The minimum Gasteiger partial charge on any atom is -0.475 e. The Morgan fingerprint density at radius 1 is 1.30 bits per heavy atom. The van der Waals surface area contributed by atoms with Crippen LogP contribution in [-0.4, -0.2) is 41.7 Å². The van der Waals surface area contributed by atoms with E-state index in [1.807, 2.05) is 13.8 Å². The van der Waals surface area contributed by atoms with Crippen molar-refractivity contribution in [1.82, 2.24) is 5.32 Å². The molecule has 0 bridgehead atoms. The molecule has 0 heterocycles. The summed E-state index contributed by atoms with van der Waals surface area (Å²) in [5.41, 5.74) is 10.4. The number of carboxylic acids is 1. The van der Waals surface area contributed by atoms with Gasteiger partial charge in [-0.05, 0) is 11.8 Å². The van der Waals surface area contributed by atoms with Crippen LogP contribution in [0.2, 0.25) is 0 Å². The number of alkyl halides is 3. The molecule has 134 valence electrons. The number of halogens is 3. The minimum absolute atomic E-state index is 0.0656. The second kappa shape index (κ2) is 9.82. The summed E-state index contributed by atoms with van der Waals surface area (Å²) in [5.74, 6) is -3.68. The van der Waals surface area contributed by atoms with E-state index >= 15 is 0 Å². The van der Waals surface area contributed by atoms with Gasteiger partial charge in [-0.2, -0.15) is 13.2 Å². The summed E-state index contributed by atoms with van der Waals surface area (Å²) < 4.78 is 31.7. The average molecular weight is 341 g/mol. The number of allylic oxidation sites excluding steroid dienone is 1. The lowest BCUT2D eigenvalue weighted by Crippen LogP contribution is -2.45. The first kappa shape index (κ1) is 23.2. The molecule has 0 aromatic carbocycles. The maximum absolute atomic E-state index is 11.5. The highest BCUT2D eigenvalue weighted by atomic mass is 19.4. The van der Waals surface area contributed by atoms with Crippen LogP contribution in [0, 0.1) is 5.41 Å². The van der Waals surface area contributed by atoms with Gasteiger partial charge in [0.15, 0.2) is 0 Å². The van der Waals surface area contributed by atoms with Crippen LogP contribution in [0.4, 0.5) is 13.2 Å². The van der Waals surface area contributed by atoms with E-state index in [4.69, 9.17) is 21.4 Å². The summed E-state index contributed by atoms with van der Waals surface area (Å²) in [7, 11) is 0. The Balaban J connectivity index is 0. The van der Waals surface area contributed by atoms with Gasteiger partial charge >= 0.3 is 12.1 Å². The van der Waals surface area contributed by atoms with E-state index in [-0.39, 0.29) is 17.7 Å². The molecular weight excluding hydrogens is 319 g/mol. The number of rotatable bonds is 7. The van der Waals surface area contributed by atoms with E-state index in [0.717, 1.165) is 6.42 Å². The summed E-state index contributed by atoms with van der Waals surface area (Å²) in [6.07, 6.45) is -2.62. The number of primary amides is 1. The van der Waals surface area contributed by atoms with Gasteiger partial charge in [-0.3, -0.25) is 9.59 Å². The number of carboxylic acid groups (broad SMARTS) is 1. The minimum atomic E-state index is -5.08. The highest BCUT2D eigenvalue weighted by Crippen LogP contribution is 2.18. The lowest BCUT2D eigenvalue weighted by atomic mass is 9.89. The summed E-state index contributed by atoms with van der Waals surface area (Å²) in [6, 6.07) is -0.864. The lowest BCUT2D eigenvalue weighted by molar-refractivity contribution is -0.192. The highest BCUT2D eigenvalue weighted by Gasteiger charge is 2.38. The van der Waals surface area contributed by atoms with Gasteiger partial charge in [0.2, 0.25) is 11.8 Å². The molecule has 0 rings (SSSR count). The number of hydrogen-bond acceptors (Lipinski definition) is 4. The fourth-order valence-electron chi connectivity index (χ4n) is 1.23. The Labute approximate surface area is 131 Å².